The van der Waals surface area contributed by atoms with Crippen LogP contribution in [0, 0.1) is 0 Å². The Morgan fingerprint density at radius 1 is 1.03 bits per heavy atom. The van der Waals surface area contributed by atoms with Crippen molar-refractivity contribution in [3.63, 3.8) is 0 Å². The SMILES string of the molecule is CN=C(NCCCNC(=O)c1cccs1)NCCc1ccc(OC)c(OC)c1.I. The van der Waals surface area contributed by atoms with E-state index in [0.717, 1.165) is 53.8 Å². The smallest absolute Gasteiger partial charge is 0.261 e. The van der Waals surface area contributed by atoms with E-state index in [4.69, 9.17) is 9.47 Å². The van der Waals surface area contributed by atoms with Gasteiger partial charge < -0.3 is 25.4 Å². The molecule has 0 aliphatic carbocycles. The molecule has 1 amide bonds. The molecule has 0 radical (unpaired) electrons. The summed E-state index contributed by atoms with van der Waals surface area (Å²) in [6.07, 6.45) is 1.64. The Balaban J connectivity index is 0.00000420. The molecule has 0 saturated heterocycles. The van der Waals surface area contributed by atoms with E-state index in [-0.39, 0.29) is 29.9 Å². The van der Waals surface area contributed by atoms with Crippen LogP contribution in [0.3, 0.4) is 0 Å². The number of carbonyl (C=O) groups excluding carboxylic acids is 1. The number of nitrogens with one attached hydrogen (secondary N) is 3. The maximum Gasteiger partial charge on any atom is 0.261 e. The van der Waals surface area contributed by atoms with Gasteiger partial charge in [0.15, 0.2) is 17.5 Å². The second kappa shape index (κ2) is 14.0. The lowest BCUT2D eigenvalue weighted by atomic mass is 10.1. The van der Waals surface area contributed by atoms with Gasteiger partial charge in [0.2, 0.25) is 0 Å². The first-order valence-electron chi connectivity index (χ1n) is 9.15. The van der Waals surface area contributed by atoms with E-state index in [1.165, 1.54) is 11.3 Å². The third kappa shape index (κ3) is 8.48. The quantitative estimate of drug-likeness (QED) is 0.190. The number of hydrogen-bond donors (Lipinski definition) is 3. The summed E-state index contributed by atoms with van der Waals surface area (Å²) in [5.74, 6) is 2.17. The normalized spacial score (nSPS) is 10.7. The highest BCUT2D eigenvalue weighted by molar-refractivity contribution is 14.0. The van der Waals surface area contributed by atoms with Gasteiger partial charge in [-0.05, 0) is 42.0 Å². The molecule has 1 heterocycles. The van der Waals surface area contributed by atoms with Crippen LogP contribution in [0.25, 0.3) is 0 Å². The van der Waals surface area contributed by atoms with Crippen LogP contribution in [-0.2, 0) is 6.42 Å². The van der Waals surface area contributed by atoms with Crippen LogP contribution in [-0.4, -0.2) is 52.8 Å². The molecular weight excluding hydrogens is 503 g/mol. The van der Waals surface area contributed by atoms with E-state index in [1.807, 2.05) is 35.7 Å². The van der Waals surface area contributed by atoms with Gasteiger partial charge in [-0.2, -0.15) is 0 Å². The zero-order valence-electron chi connectivity index (χ0n) is 17.0. The molecule has 2 aromatic rings. The summed E-state index contributed by atoms with van der Waals surface area (Å²) in [4.78, 5) is 16.8. The molecule has 9 heteroatoms. The summed E-state index contributed by atoms with van der Waals surface area (Å²) >= 11 is 1.44. The first kappa shape index (κ1) is 25.0. The topological polar surface area (TPSA) is 84.0 Å². The van der Waals surface area contributed by atoms with E-state index < -0.39 is 0 Å². The molecule has 160 valence electrons. The Morgan fingerprint density at radius 3 is 2.41 bits per heavy atom. The predicted octanol–water partition coefficient (Wildman–Crippen LogP) is 2.91. The zero-order valence-corrected chi connectivity index (χ0v) is 20.1. The maximum absolute atomic E-state index is 11.8. The number of hydrogen-bond acceptors (Lipinski definition) is 5. The Labute approximate surface area is 193 Å². The second-order valence-corrected chi connectivity index (χ2v) is 6.90. The van der Waals surface area contributed by atoms with Crippen LogP contribution < -0.4 is 25.4 Å². The minimum Gasteiger partial charge on any atom is -0.493 e. The number of rotatable bonds is 10. The lowest BCUT2D eigenvalue weighted by Gasteiger charge is -2.13. The molecular formula is C20H29IN4O3S. The van der Waals surface area contributed by atoms with E-state index in [0.29, 0.717) is 6.54 Å². The van der Waals surface area contributed by atoms with Gasteiger partial charge in [-0.3, -0.25) is 9.79 Å². The largest absolute Gasteiger partial charge is 0.493 e. The number of aliphatic imine (C=N–C) groups is 1. The van der Waals surface area contributed by atoms with Gasteiger partial charge in [-0.25, -0.2) is 0 Å². The maximum atomic E-state index is 11.8. The molecule has 0 unspecified atom stereocenters. The Kier molecular flexibility index (Phi) is 12.1. The molecule has 0 aliphatic heterocycles. The zero-order chi connectivity index (χ0) is 20.2. The lowest BCUT2D eigenvalue weighted by molar-refractivity contribution is 0.0957. The molecule has 0 bridgehead atoms. The first-order chi connectivity index (χ1) is 13.7. The Hall–Kier alpha value is -2.01. The highest BCUT2D eigenvalue weighted by Crippen LogP contribution is 2.27. The summed E-state index contributed by atoms with van der Waals surface area (Å²) in [6.45, 7) is 2.08. The van der Waals surface area contributed by atoms with Crippen LogP contribution in [0.5, 0.6) is 11.5 Å². The summed E-state index contributed by atoms with van der Waals surface area (Å²) < 4.78 is 10.6. The van der Waals surface area contributed by atoms with Gasteiger partial charge in [-0.15, -0.1) is 35.3 Å². The Morgan fingerprint density at radius 2 is 1.76 bits per heavy atom. The standard InChI is InChI=1S/C20H28N4O3S.HI/c1-21-20(23-11-5-10-22-19(25)18-6-4-13-28-18)24-12-9-15-7-8-16(26-2)17(14-15)27-3;/h4,6-8,13-14H,5,9-12H2,1-3H3,(H,22,25)(H2,21,23,24);1H. The Bertz CT molecular complexity index is 769. The van der Waals surface area contributed by atoms with Crippen molar-refractivity contribution in [3.05, 3.63) is 46.2 Å². The number of carbonyl (C=O) groups is 1. The monoisotopic (exact) mass is 532 g/mol. The molecule has 0 saturated carbocycles. The fraction of sp³-hybridized carbons (Fsp3) is 0.400. The fourth-order valence-electron chi connectivity index (χ4n) is 2.57. The molecule has 0 aliphatic rings. The third-order valence-corrected chi connectivity index (χ3v) is 4.92. The fourth-order valence-corrected chi connectivity index (χ4v) is 3.21. The van der Waals surface area contributed by atoms with Gasteiger partial charge in [0, 0.05) is 26.7 Å². The number of benzene rings is 1. The summed E-state index contributed by atoms with van der Waals surface area (Å²) in [7, 11) is 5.00. The third-order valence-electron chi connectivity index (χ3n) is 4.05. The number of amides is 1. The molecule has 1 aromatic carbocycles. The van der Waals surface area contributed by atoms with Crippen molar-refractivity contribution >= 4 is 47.2 Å². The van der Waals surface area contributed by atoms with E-state index in [1.54, 1.807) is 21.3 Å². The van der Waals surface area contributed by atoms with Crippen LogP contribution in [0.15, 0.2) is 40.7 Å². The average molecular weight is 532 g/mol. The number of methoxy groups -OCH3 is 2. The molecule has 0 fully saturated rings. The predicted molar refractivity (Wildman–Crippen MR) is 129 cm³/mol. The molecule has 7 nitrogen and oxygen atoms in total. The molecule has 1 aromatic heterocycles. The number of nitrogens with zero attached hydrogens (tertiary/aromatic N) is 1. The lowest BCUT2D eigenvalue weighted by Crippen LogP contribution is -2.39. The number of ether oxygens (including phenoxy) is 2. The van der Waals surface area contributed by atoms with Crippen LogP contribution in [0.1, 0.15) is 21.7 Å². The van der Waals surface area contributed by atoms with Crippen molar-refractivity contribution < 1.29 is 14.3 Å². The molecule has 0 spiro atoms. The van der Waals surface area contributed by atoms with Crippen molar-refractivity contribution in [1.82, 2.24) is 16.0 Å². The van der Waals surface area contributed by atoms with Crippen molar-refractivity contribution in [2.75, 3.05) is 40.9 Å². The average Bonchev–Trinajstić information content (AvgIpc) is 3.26. The van der Waals surface area contributed by atoms with Crippen molar-refractivity contribution in [2.45, 2.75) is 12.8 Å². The highest BCUT2D eigenvalue weighted by atomic mass is 127. The van der Waals surface area contributed by atoms with Crippen LogP contribution >= 0.6 is 35.3 Å². The van der Waals surface area contributed by atoms with Gasteiger partial charge in [0.05, 0.1) is 19.1 Å². The van der Waals surface area contributed by atoms with E-state index in [9.17, 15) is 4.79 Å². The first-order valence-corrected chi connectivity index (χ1v) is 10.0. The summed E-state index contributed by atoms with van der Waals surface area (Å²) in [6, 6.07) is 9.61. The molecule has 29 heavy (non-hydrogen) atoms. The summed E-state index contributed by atoms with van der Waals surface area (Å²) in [5.41, 5.74) is 1.15. The minimum atomic E-state index is -0.0209. The molecule has 0 atom stereocenters. The van der Waals surface area contributed by atoms with Crippen molar-refractivity contribution in [2.24, 2.45) is 4.99 Å². The van der Waals surface area contributed by atoms with Gasteiger partial charge in [0.1, 0.15) is 0 Å². The summed E-state index contributed by atoms with van der Waals surface area (Å²) in [5, 5.41) is 11.3. The van der Waals surface area contributed by atoms with Gasteiger partial charge >= 0.3 is 0 Å². The van der Waals surface area contributed by atoms with Crippen molar-refractivity contribution in [1.29, 1.82) is 0 Å². The van der Waals surface area contributed by atoms with Crippen molar-refractivity contribution in [3.8, 4) is 11.5 Å². The minimum absolute atomic E-state index is 0. The number of thiophene rings is 1. The second-order valence-electron chi connectivity index (χ2n) is 5.95. The van der Waals surface area contributed by atoms with Crippen LogP contribution in [0.2, 0.25) is 0 Å². The van der Waals surface area contributed by atoms with E-state index >= 15 is 0 Å². The van der Waals surface area contributed by atoms with Crippen LogP contribution in [0.4, 0.5) is 0 Å². The van der Waals surface area contributed by atoms with Gasteiger partial charge in [0.25, 0.3) is 5.91 Å². The van der Waals surface area contributed by atoms with E-state index in [2.05, 4.69) is 20.9 Å². The molecule has 3 N–H and O–H groups in total. The van der Waals surface area contributed by atoms with Gasteiger partial charge in [-0.1, -0.05) is 12.1 Å². The number of guanidine groups is 1. The molecule has 2 rings (SSSR count). The number of halogens is 1. The highest BCUT2D eigenvalue weighted by Gasteiger charge is 2.06.